The van der Waals surface area contributed by atoms with E-state index in [4.69, 9.17) is 9.72 Å². The lowest BCUT2D eigenvalue weighted by Crippen LogP contribution is -2.26. The summed E-state index contributed by atoms with van der Waals surface area (Å²) in [5, 5.41) is 1.92. The average molecular weight is 1130 g/mol. The summed E-state index contributed by atoms with van der Waals surface area (Å²) >= 11 is 0. The van der Waals surface area contributed by atoms with Gasteiger partial charge in [0, 0.05) is 45.9 Å². The summed E-state index contributed by atoms with van der Waals surface area (Å²) in [6, 6.07) is 49.3. The third-order valence-electron chi connectivity index (χ3n) is 15.2. The maximum absolute atomic E-state index is 16.5. The van der Waals surface area contributed by atoms with E-state index in [0.29, 0.717) is 34.3 Å². The minimum atomic E-state index is -2.48. The minimum Gasteiger partial charge on any atom is -0.457 e. The van der Waals surface area contributed by atoms with E-state index in [9.17, 15) is 8.78 Å². The second-order valence-corrected chi connectivity index (χ2v) is 22.5. The molecule has 0 radical (unpaired) electrons. The van der Waals surface area contributed by atoms with Gasteiger partial charge in [0.1, 0.15) is 24.0 Å². The number of anilines is 4. The lowest BCUT2D eigenvalue weighted by Gasteiger charge is -2.30. The molecule has 3 heterocycles. The number of rotatable bonds is 9. The fraction of sp³-hybridized carbons (Fsp3) is 0.132. The summed E-state index contributed by atoms with van der Waals surface area (Å²) in [4.78, 5) is 7.81. The van der Waals surface area contributed by atoms with Gasteiger partial charge in [-0.05, 0) is 111 Å². The first-order chi connectivity index (χ1) is 39.6. The van der Waals surface area contributed by atoms with Crippen molar-refractivity contribution in [3.05, 3.63) is 239 Å². The summed E-state index contributed by atoms with van der Waals surface area (Å²) in [6.45, 7) is 10.7. The highest BCUT2D eigenvalue weighted by Crippen LogP contribution is 2.54. The van der Waals surface area contributed by atoms with Crippen molar-refractivity contribution in [2.45, 2.75) is 52.4 Å². The summed E-state index contributed by atoms with van der Waals surface area (Å²) in [5.41, 5.74) is 0.357. The maximum Gasteiger partial charge on any atom is 0.200 e. The molecular weight excluding hydrogens is 1080 g/mol. The summed E-state index contributed by atoms with van der Waals surface area (Å²) in [6.07, 6.45) is 1.79. The van der Waals surface area contributed by atoms with Crippen molar-refractivity contribution in [2.24, 2.45) is 0 Å². The summed E-state index contributed by atoms with van der Waals surface area (Å²) in [5.74, 6) is -22.1. The monoisotopic (exact) mass is 1130 g/mol. The number of aromatic nitrogens is 2. The Morgan fingerprint density at radius 1 is 0.398 bits per heavy atom. The zero-order valence-corrected chi connectivity index (χ0v) is 45.3. The molecule has 1 aliphatic heterocycles. The van der Waals surface area contributed by atoms with Gasteiger partial charge >= 0.3 is 0 Å². The quantitative estimate of drug-likeness (QED) is 0.0819. The van der Waals surface area contributed by atoms with Crippen molar-refractivity contribution in [3.8, 4) is 61.8 Å². The number of benzene rings is 9. The molecule has 416 valence electrons. The molecule has 0 atom stereocenters. The third-order valence-corrected chi connectivity index (χ3v) is 15.2. The molecule has 0 spiro atoms. The van der Waals surface area contributed by atoms with Crippen molar-refractivity contribution in [3.63, 3.8) is 0 Å². The Morgan fingerprint density at radius 2 is 0.892 bits per heavy atom. The van der Waals surface area contributed by atoms with E-state index in [0.717, 1.165) is 56.2 Å². The van der Waals surface area contributed by atoms with E-state index < -0.39 is 98.2 Å². The molecule has 2 aromatic heterocycles. The molecule has 12 rings (SSSR count). The predicted molar refractivity (Wildman–Crippen MR) is 306 cm³/mol. The lowest BCUT2D eigenvalue weighted by molar-refractivity contribution is 0.381. The molecule has 15 heteroatoms. The molecule has 5 nitrogen and oxygen atoms in total. The highest BCUT2D eigenvalue weighted by atomic mass is 19.2. The van der Waals surface area contributed by atoms with Crippen LogP contribution in [0.1, 0.15) is 52.7 Å². The van der Waals surface area contributed by atoms with Crippen LogP contribution < -0.4 is 14.5 Å². The number of ether oxygens (including phenoxy) is 1. The summed E-state index contributed by atoms with van der Waals surface area (Å²) < 4.78 is 166. The smallest absolute Gasteiger partial charge is 0.200 e. The van der Waals surface area contributed by atoms with Crippen LogP contribution in [0.15, 0.2) is 170 Å². The Kier molecular flexibility index (Phi) is 13.2. The van der Waals surface area contributed by atoms with Gasteiger partial charge in [-0.15, -0.1) is 0 Å². The van der Waals surface area contributed by atoms with Crippen LogP contribution in [-0.2, 0) is 10.8 Å². The minimum absolute atomic E-state index is 0.0236. The van der Waals surface area contributed by atoms with Gasteiger partial charge in [0.2, 0.25) is 11.6 Å². The molecule has 0 aliphatic carbocycles. The van der Waals surface area contributed by atoms with Crippen LogP contribution in [0, 0.1) is 58.2 Å². The van der Waals surface area contributed by atoms with Crippen molar-refractivity contribution in [1.82, 2.24) is 9.55 Å². The van der Waals surface area contributed by atoms with Crippen LogP contribution in [0.25, 0.3) is 72.1 Å². The molecule has 11 aromatic rings. The Labute approximate surface area is 470 Å². The fourth-order valence-corrected chi connectivity index (χ4v) is 10.9. The first kappa shape index (κ1) is 54.2. The van der Waals surface area contributed by atoms with Crippen molar-refractivity contribution in [2.75, 3.05) is 16.5 Å². The van der Waals surface area contributed by atoms with Gasteiger partial charge < -0.3 is 14.5 Å². The second kappa shape index (κ2) is 20.3. The topological polar surface area (TPSA) is 33.5 Å². The van der Waals surface area contributed by atoms with E-state index in [1.165, 1.54) is 11.0 Å². The largest absolute Gasteiger partial charge is 0.457 e. The van der Waals surface area contributed by atoms with Crippen molar-refractivity contribution < 1.29 is 48.6 Å². The van der Waals surface area contributed by atoms with Crippen molar-refractivity contribution in [1.29, 1.82) is 0 Å². The van der Waals surface area contributed by atoms with Crippen LogP contribution in [0.2, 0.25) is 0 Å². The zero-order chi connectivity index (χ0) is 58.6. The normalized spacial score (nSPS) is 12.7. The number of halogens is 10. The van der Waals surface area contributed by atoms with Crippen LogP contribution in [-0.4, -0.2) is 16.2 Å². The van der Waals surface area contributed by atoms with Crippen LogP contribution in [0.4, 0.5) is 66.7 Å². The highest BCUT2D eigenvalue weighted by Gasteiger charge is 2.39. The molecule has 0 amide bonds. The van der Waals surface area contributed by atoms with Gasteiger partial charge in [-0.2, -0.15) is 0 Å². The average Bonchev–Trinajstić information content (AvgIpc) is 2.98. The molecule has 0 N–H and O–H groups in total. The van der Waals surface area contributed by atoms with E-state index in [1.54, 1.807) is 56.1 Å². The van der Waals surface area contributed by atoms with Gasteiger partial charge in [-0.3, -0.25) is 4.57 Å². The lowest BCUT2D eigenvalue weighted by atomic mass is 9.81. The Hall–Kier alpha value is -9.37. The zero-order valence-electron chi connectivity index (χ0n) is 45.3. The predicted octanol–water partition coefficient (Wildman–Crippen LogP) is 19.9. The molecule has 83 heavy (non-hydrogen) atoms. The van der Waals surface area contributed by atoms with Gasteiger partial charge in [-0.1, -0.05) is 126 Å². The van der Waals surface area contributed by atoms with Gasteiger partial charge in [0.15, 0.2) is 46.5 Å². The number of pyridine rings is 1. The van der Waals surface area contributed by atoms with Crippen LogP contribution in [0.5, 0.6) is 11.5 Å². The van der Waals surface area contributed by atoms with E-state index in [-0.39, 0.29) is 16.7 Å². The number of para-hydroxylation sites is 3. The number of hydrogen-bond acceptors (Lipinski definition) is 4. The molecule has 1 aliphatic rings. The molecule has 0 unspecified atom stereocenters. The van der Waals surface area contributed by atoms with Gasteiger partial charge in [0.25, 0.3) is 0 Å². The number of hydrogen-bond donors (Lipinski definition) is 0. The molecule has 0 saturated carbocycles. The number of fused-ring (bicyclic) bond motifs is 4. The Balaban J connectivity index is 1.07. The SMILES string of the molecule is CC(C)(C)c1ccnc(-n2c3ccccc3c3ccc(Oc4cc(-c5ccc(-c6ccccc6)cc5)cc(N5CN(c6c(-c7c(F)c(F)c(F)c(F)c7F)cc(C(C)(C)C)cc6-c6c(F)c(F)c(F)c(F)c6F)c6ccccc65)c4)cc32)c1. The van der Waals surface area contributed by atoms with E-state index in [2.05, 4.69) is 31.4 Å². The Morgan fingerprint density at radius 3 is 1.47 bits per heavy atom. The van der Waals surface area contributed by atoms with Crippen LogP contribution in [0.3, 0.4) is 0 Å². The third kappa shape index (κ3) is 9.28. The van der Waals surface area contributed by atoms with Crippen molar-refractivity contribution >= 4 is 44.6 Å². The van der Waals surface area contributed by atoms with Gasteiger partial charge in [0.05, 0.1) is 39.2 Å². The van der Waals surface area contributed by atoms with Gasteiger partial charge in [-0.25, -0.2) is 48.9 Å². The molecule has 0 saturated heterocycles. The van der Waals surface area contributed by atoms with Crippen LogP contribution >= 0.6 is 0 Å². The van der Waals surface area contributed by atoms with E-state index >= 15 is 35.1 Å². The Bertz CT molecular complexity index is 4280. The summed E-state index contributed by atoms with van der Waals surface area (Å²) in [7, 11) is 0. The fourth-order valence-electron chi connectivity index (χ4n) is 10.9. The molecule has 0 bridgehead atoms. The maximum atomic E-state index is 16.5. The second-order valence-electron chi connectivity index (χ2n) is 22.5. The molecule has 9 aromatic carbocycles. The number of nitrogens with zero attached hydrogens (tertiary/aromatic N) is 4. The standard InChI is InChI=1S/C68H48F10N4O/c1-67(2,3)40-26-27-79-53(32-40)82-49-17-11-10-16-45(49)46-25-24-43(34-52(46)82)83-44-29-39(38-22-20-37(21-23-38)36-14-8-7-9-15-36)28-42(33-44)80-35-81(51-19-13-12-18-50(51)80)66-47(54-56(69)60(73)64(77)61(74)57(54)70)30-41(68(4,5)6)31-48(66)55-58(71)62(75)65(78)63(76)59(55)72/h7-34H,35H2,1-6H3. The molecule has 0 fully saturated rings. The highest BCUT2D eigenvalue weighted by molar-refractivity contribution is 6.09. The first-order valence-electron chi connectivity index (χ1n) is 26.4. The molecular formula is C68H48F10N4O. The van der Waals surface area contributed by atoms with E-state index in [1.807, 2.05) is 115 Å². The first-order valence-corrected chi connectivity index (χ1v) is 26.4.